The van der Waals surface area contributed by atoms with Gasteiger partial charge in [-0.3, -0.25) is 4.52 Å². The molecule has 0 aliphatic rings. The smallest absolute Gasteiger partial charge is 0.302 e. The molecule has 0 heterocycles. The van der Waals surface area contributed by atoms with Crippen LogP contribution in [0.15, 0.2) is 30.3 Å². The molecule has 0 bridgehead atoms. The molecule has 2 atom stereocenters. The number of phosphoric acid groups is 2. The van der Waals surface area contributed by atoms with Crippen molar-refractivity contribution < 1.29 is 32.6 Å². The molecule has 102 valence electrons. The van der Waals surface area contributed by atoms with Crippen LogP contribution in [0.3, 0.4) is 0 Å². The molecule has 0 aliphatic heterocycles. The number of hydrogen-bond donors (Lipinski definition) is 3. The molecule has 0 saturated heterocycles. The van der Waals surface area contributed by atoms with Gasteiger partial charge in [-0.2, -0.15) is 4.31 Å². The van der Waals surface area contributed by atoms with Gasteiger partial charge in [-0.15, -0.1) is 0 Å². The average Bonchev–Trinajstić information content (AvgIpc) is 2.24. The van der Waals surface area contributed by atoms with E-state index in [-0.39, 0.29) is 0 Å². The van der Waals surface area contributed by atoms with Crippen molar-refractivity contribution in [3.05, 3.63) is 35.9 Å². The zero-order chi connectivity index (χ0) is 13.8. The lowest BCUT2D eigenvalue weighted by atomic mass is 10.1. The first-order chi connectivity index (χ1) is 8.23. The van der Waals surface area contributed by atoms with Crippen molar-refractivity contribution in [1.29, 1.82) is 0 Å². The van der Waals surface area contributed by atoms with Crippen molar-refractivity contribution in [2.24, 2.45) is 0 Å². The van der Waals surface area contributed by atoms with Crippen LogP contribution in [0.2, 0.25) is 0 Å². The van der Waals surface area contributed by atoms with E-state index in [1.807, 2.05) is 0 Å². The molecule has 0 aliphatic carbocycles. The van der Waals surface area contributed by atoms with Crippen molar-refractivity contribution in [2.75, 3.05) is 0 Å². The van der Waals surface area contributed by atoms with Crippen LogP contribution in [0.5, 0.6) is 0 Å². The third-order valence-corrected chi connectivity index (χ3v) is 4.21. The highest BCUT2D eigenvalue weighted by Crippen LogP contribution is 2.59. The Kier molecular flexibility index (Phi) is 5.25. The van der Waals surface area contributed by atoms with Crippen LogP contribution in [0, 0.1) is 0 Å². The molecule has 0 aromatic heterocycles. The highest BCUT2D eigenvalue weighted by Gasteiger charge is 2.34. The quantitative estimate of drug-likeness (QED) is 0.690. The summed E-state index contributed by atoms with van der Waals surface area (Å²) in [6.07, 6.45) is -0.437. The Morgan fingerprint density at radius 3 is 2.17 bits per heavy atom. The van der Waals surface area contributed by atoms with Gasteiger partial charge in [-0.05, 0) is 12.0 Å². The highest BCUT2D eigenvalue weighted by atomic mass is 31.3. The zero-order valence-electron chi connectivity index (χ0n) is 9.54. The molecule has 0 radical (unpaired) electrons. The first-order valence-corrected chi connectivity index (χ1v) is 8.09. The van der Waals surface area contributed by atoms with Gasteiger partial charge in [0.1, 0.15) is 0 Å². The molecule has 1 aromatic rings. The Balaban J connectivity index is 2.81. The average molecular weight is 296 g/mol. The predicted molar refractivity (Wildman–Crippen MR) is 63.5 cm³/mol. The van der Waals surface area contributed by atoms with Gasteiger partial charge in [0.05, 0.1) is 6.10 Å². The van der Waals surface area contributed by atoms with Gasteiger partial charge in [0.2, 0.25) is 0 Å². The van der Waals surface area contributed by atoms with Crippen molar-refractivity contribution in [1.82, 2.24) is 0 Å². The highest BCUT2D eigenvalue weighted by molar-refractivity contribution is 7.60. The van der Waals surface area contributed by atoms with Crippen molar-refractivity contribution in [3.63, 3.8) is 0 Å². The lowest BCUT2D eigenvalue weighted by Crippen LogP contribution is -2.03. The summed E-state index contributed by atoms with van der Waals surface area (Å²) in [4.78, 5) is 26.2. The number of benzene rings is 1. The van der Waals surface area contributed by atoms with Gasteiger partial charge >= 0.3 is 15.6 Å². The molecule has 0 fully saturated rings. The third kappa shape index (κ3) is 5.42. The van der Waals surface area contributed by atoms with Crippen LogP contribution in [-0.2, 0) is 18.0 Å². The van der Waals surface area contributed by atoms with Gasteiger partial charge in [0, 0.05) is 0 Å². The van der Waals surface area contributed by atoms with Gasteiger partial charge in [0.25, 0.3) is 0 Å². The summed E-state index contributed by atoms with van der Waals surface area (Å²) < 4.78 is 30.4. The van der Waals surface area contributed by atoms with Crippen molar-refractivity contribution in [3.8, 4) is 0 Å². The van der Waals surface area contributed by atoms with Gasteiger partial charge in [0.15, 0.2) is 0 Å². The molecule has 0 amide bonds. The van der Waals surface area contributed by atoms with Crippen molar-refractivity contribution in [2.45, 2.75) is 19.4 Å². The Hall–Kier alpha value is -0.520. The maximum Gasteiger partial charge on any atom is 0.481 e. The van der Waals surface area contributed by atoms with Crippen LogP contribution >= 0.6 is 15.6 Å². The first-order valence-electron chi connectivity index (χ1n) is 5.06. The van der Waals surface area contributed by atoms with Crippen LogP contribution in [0.4, 0.5) is 0 Å². The molecule has 2 unspecified atom stereocenters. The molecular formula is C9H14O7P2. The van der Waals surface area contributed by atoms with E-state index >= 15 is 0 Å². The summed E-state index contributed by atoms with van der Waals surface area (Å²) in [6, 6.07) is 8.54. The van der Waals surface area contributed by atoms with E-state index in [1.165, 1.54) is 0 Å². The molecule has 0 spiro atoms. The molecule has 1 aromatic carbocycles. The fraction of sp³-hybridized carbons (Fsp3) is 0.333. The maximum absolute atomic E-state index is 11.4. The lowest BCUT2D eigenvalue weighted by Gasteiger charge is -2.19. The number of rotatable bonds is 6. The van der Waals surface area contributed by atoms with E-state index in [1.54, 1.807) is 37.3 Å². The summed E-state index contributed by atoms with van der Waals surface area (Å²) >= 11 is 0. The van der Waals surface area contributed by atoms with Gasteiger partial charge in [-0.1, -0.05) is 37.3 Å². The minimum Gasteiger partial charge on any atom is -0.302 e. The summed E-state index contributed by atoms with van der Waals surface area (Å²) in [5.74, 6) is 0. The van der Waals surface area contributed by atoms with Gasteiger partial charge in [-0.25, -0.2) is 9.13 Å². The topological polar surface area (TPSA) is 113 Å². The van der Waals surface area contributed by atoms with Crippen LogP contribution < -0.4 is 0 Å². The molecule has 1 rings (SSSR count). The summed E-state index contributed by atoms with van der Waals surface area (Å²) in [7, 11) is -9.90. The minimum absolute atomic E-state index is 0.346. The molecule has 0 saturated carbocycles. The zero-order valence-corrected chi connectivity index (χ0v) is 11.3. The maximum atomic E-state index is 11.4. The molecule has 7 nitrogen and oxygen atoms in total. The van der Waals surface area contributed by atoms with E-state index in [0.29, 0.717) is 12.0 Å². The Morgan fingerprint density at radius 1 is 1.17 bits per heavy atom. The Labute approximate surface area is 104 Å². The lowest BCUT2D eigenvalue weighted by molar-refractivity contribution is 0.124. The number of phosphoric ester groups is 1. The Morgan fingerprint density at radius 2 is 1.72 bits per heavy atom. The normalized spacial score (nSPS) is 17.1. The second-order valence-electron chi connectivity index (χ2n) is 3.45. The molecule has 3 N–H and O–H groups in total. The van der Waals surface area contributed by atoms with E-state index in [0.717, 1.165) is 0 Å². The molecular weight excluding hydrogens is 282 g/mol. The van der Waals surface area contributed by atoms with Crippen molar-refractivity contribution >= 4 is 15.6 Å². The van der Waals surface area contributed by atoms with E-state index < -0.39 is 21.7 Å². The Bertz CT molecular complexity index is 469. The fourth-order valence-corrected chi connectivity index (χ4v) is 3.17. The van der Waals surface area contributed by atoms with E-state index in [2.05, 4.69) is 4.31 Å². The predicted octanol–water partition coefficient (Wildman–Crippen LogP) is 2.36. The summed E-state index contributed by atoms with van der Waals surface area (Å²) in [6.45, 7) is 1.70. The first kappa shape index (κ1) is 15.5. The van der Waals surface area contributed by atoms with E-state index in [4.69, 9.17) is 14.3 Å². The SMILES string of the molecule is CCC(OP(=O)(O)OP(=O)(O)O)c1ccccc1. The van der Waals surface area contributed by atoms with Crippen LogP contribution in [0.25, 0.3) is 0 Å². The standard InChI is InChI=1S/C9H14O7P2/c1-2-9(8-6-4-3-5-7-8)15-18(13,14)16-17(10,11)12/h3-7,9H,2H2,1H3,(H,13,14)(H2,10,11,12). The fourth-order valence-electron chi connectivity index (χ4n) is 1.35. The monoisotopic (exact) mass is 296 g/mol. The summed E-state index contributed by atoms with van der Waals surface area (Å²) in [5, 5.41) is 0. The van der Waals surface area contributed by atoms with Gasteiger partial charge < -0.3 is 14.7 Å². The van der Waals surface area contributed by atoms with Crippen LogP contribution in [0.1, 0.15) is 25.0 Å². The van der Waals surface area contributed by atoms with Crippen LogP contribution in [-0.4, -0.2) is 14.7 Å². The molecule has 18 heavy (non-hydrogen) atoms. The molecule has 9 heteroatoms. The number of hydrogen-bond acceptors (Lipinski definition) is 4. The second kappa shape index (κ2) is 6.08. The second-order valence-corrected chi connectivity index (χ2v) is 6.24. The third-order valence-electron chi connectivity index (χ3n) is 2.01. The minimum atomic E-state index is -5.08. The van der Waals surface area contributed by atoms with E-state index in [9.17, 15) is 14.0 Å². The summed E-state index contributed by atoms with van der Waals surface area (Å²) in [5.41, 5.74) is 0.614. The largest absolute Gasteiger partial charge is 0.481 e.